The molecule has 1 heterocycles. The Balaban J connectivity index is 2.08. The minimum atomic E-state index is -0.0602. The number of nitrogens with zero attached hydrogens (tertiary/aromatic N) is 1. The highest BCUT2D eigenvalue weighted by molar-refractivity contribution is 6.11. The lowest BCUT2D eigenvalue weighted by molar-refractivity contribution is 0.103. The zero-order chi connectivity index (χ0) is 13.9. The molecule has 1 aromatic heterocycles. The SMILES string of the molecule is COc1ccccc1C(=O)c1ccc2cccnc2c1. The van der Waals surface area contributed by atoms with Gasteiger partial charge in [-0.2, -0.15) is 0 Å². The van der Waals surface area contributed by atoms with Crippen LogP contribution in [0.15, 0.2) is 60.8 Å². The molecule has 0 atom stereocenters. The summed E-state index contributed by atoms with van der Waals surface area (Å²) >= 11 is 0. The third-order valence-corrected chi connectivity index (χ3v) is 3.22. The van der Waals surface area contributed by atoms with Crippen molar-refractivity contribution in [2.45, 2.75) is 0 Å². The monoisotopic (exact) mass is 263 g/mol. The zero-order valence-corrected chi connectivity index (χ0v) is 11.0. The van der Waals surface area contributed by atoms with E-state index in [4.69, 9.17) is 4.74 Å². The van der Waals surface area contributed by atoms with Crippen LogP contribution in [0.25, 0.3) is 10.9 Å². The van der Waals surface area contributed by atoms with E-state index in [-0.39, 0.29) is 5.78 Å². The summed E-state index contributed by atoms with van der Waals surface area (Å²) in [5, 5.41) is 1.02. The van der Waals surface area contributed by atoms with Crippen LogP contribution in [-0.4, -0.2) is 17.9 Å². The van der Waals surface area contributed by atoms with Gasteiger partial charge in [0.1, 0.15) is 5.75 Å². The first-order valence-corrected chi connectivity index (χ1v) is 6.32. The van der Waals surface area contributed by atoms with Gasteiger partial charge in [-0.1, -0.05) is 30.3 Å². The Hall–Kier alpha value is -2.68. The molecule has 3 heteroatoms. The predicted molar refractivity (Wildman–Crippen MR) is 78.2 cm³/mol. The van der Waals surface area contributed by atoms with Crippen LogP contribution in [0.2, 0.25) is 0 Å². The number of fused-ring (bicyclic) bond motifs is 1. The third kappa shape index (κ3) is 2.14. The lowest BCUT2D eigenvalue weighted by atomic mass is 10.0. The molecule has 3 aromatic rings. The van der Waals surface area contributed by atoms with E-state index in [9.17, 15) is 4.79 Å². The van der Waals surface area contributed by atoms with Crippen LogP contribution in [0.4, 0.5) is 0 Å². The van der Waals surface area contributed by atoms with Gasteiger partial charge >= 0.3 is 0 Å². The van der Waals surface area contributed by atoms with Crippen LogP contribution in [0.5, 0.6) is 5.75 Å². The second-order valence-corrected chi connectivity index (χ2v) is 4.44. The molecule has 0 unspecified atom stereocenters. The standard InChI is InChI=1S/C17H13NO2/c1-20-16-7-3-2-6-14(16)17(19)13-9-8-12-5-4-10-18-15(12)11-13/h2-11H,1H3. The van der Waals surface area contributed by atoms with Gasteiger partial charge in [-0.15, -0.1) is 0 Å². The normalized spacial score (nSPS) is 10.4. The largest absolute Gasteiger partial charge is 0.496 e. The Morgan fingerprint density at radius 1 is 1.05 bits per heavy atom. The molecule has 0 bridgehead atoms. The van der Waals surface area contributed by atoms with Crippen LogP contribution in [0.3, 0.4) is 0 Å². The first-order valence-electron chi connectivity index (χ1n) is 6.32. The van der Waals surface area contributed by atoms with E-state index in [2.05, 4.69) is 4.98 Å². The number of methoxy groups -OCH3 is 1. The highest BCUT2D eigenvalue weighted by atomic mass is 16.5. The van der Waals surface area contributed by atoms with Crippen molar-refractivity contribution in [3.63, 3.8) is 0 Å². The lowest BCUT2D eigenvalue weighted by Crippen LogP contribution is -2.03. The number of pyridine rings is 1. The summed E-state index contributed by atoms with van der Waals surface area (Å²) < 4.78 is 5.24. The maximum absolute atomic E-state index is 12.6. The Morgan fingerprint density at radius 2 is 1.90 bits per heavy atom. The summed E-state index contributed by atoms with van der Waals surface area (Å²) in [6, 6.07) is 16.6. The fourth-order valence-electron chi connectivity index (χ4n) is 2.20. The fourth-order valence-corrected chi connectivity index (χ4v) is 2.20. The van der Waals surface area contributed by atoms with Crippen molar-refractivity contribution >= 4 is 16.7 Å². The summed E-state index contributed by atoms with van der Waals surface area (Å²) in [6.07, 6.45) is 1.72. The van der Waals surface area contributed by atoms with E-state index in [1.54, 1.807) is 25.4 Å². The fraction of sp³-hybridized carbons (Fsp3) is 0.0588. The van der Waals surface area contributed by atoms with Gasteiger partial charge in [-0.25, -0.2) is 0 Å². The highest BCUT2D eigenvalue weighted by Gasteiger charge is 2.14. The number of carbonyl (C=O) groups is 1. The molecular formula is C17H13NO2. The molecule has 0 fully saturated rings. The Kier molecular flexibility index (Phi) is 3.17. The van der Waals surface area contributed by atoms with E-state index >= 15 is 0 Å². The first-order chi connectivity index (χ1) is 9.79. The van der Waals surface area contributed by atoms with Gasteiger partial charge in [0.25, 0.3) is 0 Å². The predicted octanol–water partition coefficient (Wildman–Crippen LogP) is 3.47. The molecule has 0 N–H and O–H groups in total. The molecular weight excluding hydrogens is 250 g/mol. The van der Waals surface area contributed by atoms with E-state index in [1.165, 1.54) is 0 Å². The van der Waals surface area contributed by atoms with Crippen molar-refractivity contribution in [2.75, 3.05) is 7.11 Å². The minimum absolute atomic E-state index is 0.0602. The zero-order valence-electron chi connectivity index (χ0n) is 11.0. The molecule has 0 aliphatic heterocycles. The summed E-state index contributed by atoms with van der Waals surface area (Å²) in [5.74, 6) is 0.522. The molecule has 0 aliphatic carbocycles. The van der Waals surface area contributed by atoms with Crippen LogP contribution < -0.4 is 4.74 Å². The highest BCUT2D eigenvalue weighted by Crippen LogP contribution is 2.22. The summed E-state index contributed by atoms with van der Waals surface area (Å²) in [5.41, 5.74) is 1.99. The van der Waals surface area contributed by atoms with Crippen LogP contribution in [0, 0.1) is 0 Å². The number of carbonyl (C=O) groups excluding carboxylic acids is 1. The van der Waals surface area contributed by atoms with E-state index in [1.807, 2.05) is 42.5 Å². The van der Waals surface area contributed by atoms with Crippen molar-refractivity contribution in [1.29, 1.82) is 0 Å². The van der Waals surface area contributed by atoms with Crippen molar-refractivity contribution in [3.8, 4) is 5.75 Å². The van der Waals surface area contributed by atoms with E-state index in [0.717, 1.165) is 10.9 Å². The molecule has 0 saturated carbocycles. The lowest BCUT2D eigenvalue weighted by Gasteiger charge is -2.07. The number of hydrogen-bond donors (Lipinski definition) is 0. The van der Waals surface area contributed by atoms with Crippen molar-refractivity contribution < 1.29 is 9.53 Å². The van der Waals surface area contributed by atoms with Crippen molar-refractivity contribution in [3.05, 3.63) is 71.9 Å². The van der Waals surface area contributed by atoms with Gasteiger partial charge in [0.15, 0.2) is 5.78 Å². The third-order valence-electron chi connectivity index (χ3n) is 3.22. The number of hydrogen-bond acceptors (Lipinski definition) is 3. The van der Waals surface area contributed by atoms with E-state index in [0.29, 0.717) is 16.9 Å². The molecule has 0 amide bonds. The summed E-state index contributed by atoms with van der Waals surface area (Å²) in [4.78, 5) is 16.8. The summed E-state index contributed by atoms with van der Waals surface area (Å²) in [6.45, 7) is 0. The van der Waals surface area contributed by atoms with Gasteiger partial charge in [0, 0.05) is 17.1 Å². The summed E-state index contributed by atoms with van der Waals surface area (Å²) in [7, 11) is 1.56. The molecule has 98 valence electrons. The van der Waals surface area contributed by atoms with Gasteiger partial charge in [0.05, 0.1) is 18.2 Å². The second-order valence-electron chi connectivity index (χ2n) is 4.44. The average Bonchev–Trinajstić information content (AvgIpc) is 2.53. The van der Waals surface area contributed by atoms with Crippen LogP contribution in [-0.2, 0) is 0 Å². The number of benzene rings is 2. The molecule has 20 heavy (non-hydrogen) atoms. The second kappa shape index (κ2) is 5.13. The number of rotatable bonds is 3. The van der Waals surface area contributed by atoms with Crippen LogP contribution >= 0.6 is 0 Å². The molecule has 0 saturated heterocycles. The number of ether oxygens (including phenoxy) is 1. The molecule has 3 nitrogen and oxygen atoms in total. The quantitative estimate of drug-likeness (QED) is 0.679. The molecule has 3 rings (SSSR count). The van der Waals surface area contributed by atoms with Gasteiger partial charge < -0.3 is 4.74 Å². The van der Waals surface area contributed by atoms with Crippen molar-refractivity contribution in [1.82, 2.24) is 4.98 Å². The van der Waals surface area contributed by atoms with Gasteiger partial charge in [-0.05, 0) is 24.3 Å². The Bertz CT molecular complexity index is 781. The maximum Gasteiger partial charge on any atom is 0.196 e. The Morgan fingerprint density at radius 3 is 2.75 bits per heavy atom. The average molecular weight is 263 g/mol. The number of ketones is 1. The number of para-hydroxylation sites is 1. The molecule has 0 radical (unpaired) electrons. The Labute approximate surface area is 116 Å². The molecule has 0 aliphatic rings. The molecule has 2 aromatic carbocycles. The van der Waals surface area contributed by atoms with E-state index < -0.39 is 0 Å². The molecule has 0 spiro atoms. The van der Waals surface area contributed by atoms with Crippen LogP contribution in [0.1, 0.15) is 15.9 Å². The topological polar surface area (TPSA) is 39.2 Å². The maximum atomic E-state index is 12.6. The minimum Gasteiger partial charge on any atom is -0.496 e. The van der Waals surface area contributed by atoms with Crippen molar-refractivity contribution in [2.24, 2.45) is 0 Å². The smallest absolute Gasteiger partial charge is 0.196 e. The number of aromatic nitrogens is 1. The first kappa shape index (κ1) is 12.4. The van der Waals surface area contributed by atoms with Gasteiger partial charge in [0.2, 0.25) is 0 Å². The van der Waals surface area contributed by atoms with Gasteiger partial charge in [-0.3, -0.25) is 9.78 Å².